The molecule has 1 aromatic rings. The Morgan fingerprint density at radius 2 is 2.11 bits per heavy atom. The predicted molar refractivity (Wildman–Crippen MR) is 76.6 cm³/mol. The Bertz CT molecular complexity index is 404. The zero-order valence-corrected chi connectivity index (χ0v) is 11.2. The SMILES string of the molecule is CCCCCC(C)Nc1c(N)cccc1C(N)=O. The number of nitrogens with one attached hydrogen (secondary N) is 1. The average Bonchev–Trinajstić information content (AvgIpc) is 2.31. The molecule has 0 saturated heterocycles. The first kappa shape index (κ1) is 14.4. The molecule has 0 spiro atoms. The van der Waals surface area contributed by atoms with Crippen molar-refractivity contribution in [1.29, 1.82) is 0 Å². The number of hydrogen-bond acceptors (Lipinski definition) is 3. The number of carbonyl (C=O) groups is 1. The molecule has 0 aliphatic rings. The summed E-state index contributed by atoms with van der Waals surface area (Å²) in [4.78, 5) is 11.3. The van der Waals surface area contributed by atoms with Crippen molar-refractivity contribution in [2.45, 2.75) is 45.6 Å². The van der Waals surface area contributed by atoms with E-state index in [1.807, 2.05) is 0 Å². The van der Waals surface area contributed by atoms with Crippen LogP contribution in [0.25, 0.3) is 0 Å². The van der Waals surface area contributed by atoms with Gasteiger partial charge in [-0.1, -0.05) is 32.3 Å². The van der Waals surface area contributed by atoms with Crippen LogP contribution in [0.1, 0.15) is 49.9 Å². The minimum absolute atomic E-state index is 0.277. The van der Waals surface area contributed by atoms with Gasteiger partial charge in [0.15, 0.2) is 0 Å². The molecular weight excluding hydrogens is 226 g/mol. The van der Waals surface area contributed by atoms with E-state index in [-0.39, 0.29) is 6.04 Å². The molecule has 4 heteroatoms. The molecule has 5 N–H and O–H groups in total. The fraction of sp³-hybridized carbons (Fsp3) is 0.500. The molecule has 18 heavy (non-hydrogen) atoms. The number of nitrogens with two attached hydrogens (primary N) is 2. The Balaban J connectivity index is 2.73. The topological polar surface area (TPSA) is 81.1 Å². The van der Waals surface area contributed by atoms with Gasteiger partial charge in [-0.3, -0.25) is 4.79 Å². The maximum Gasteiger partial charge on any atom is 0.250 e. The van der Waals surface area contributed by atoms with Gasteiger partial charge in [0.1, 0.15) is 0 Å². The maximum absolute atomic E-state index is 11.3. The third-order valence-electron chi connectivity index (χ3n) is 2.99. The Morgan fingerprint density at radius 1 is 1.39 bits per heavy atom. The number of benzene rings is 1. The quantitative estimate of drug-likeness (QED) is 0.513. The number of hydrogen-bond donors (Lipinski definition) is 3. The molecule has 0 aromatic heterocycles. The summed E-state index contributed by atoms with van der Waals surface area (Å²) in [7, 11) is 0. The Hall–Kier alpha value is -1.71. The fourth-order valence-corrected chi connectivity index (χ4v) is 1.96. The Morgan fingerprint density at radius 3 is 2.72 bits per heavy atom. The highest BCUT2D eigenvalue weighted by Gasteiger charge is 2.12. The summed E-state index contributed by atoms with van der Waals surface area (Å²) in [6.07, 6.45) is 4.65. The monoisotopic (exact) mass is 249 g/mol. The summed E-state index contributed by atoms with van der Waals surface area (Å²) in [5.74, 6) is -0.453. The molecular formula is C14H23N3O. The lowest BCUT2D eigenvalue weighted by Gasteiger charge is -2.18. The zero-order valence-electron chi connectivity index (χ0n) is 11.2. The molecule has 0 fully saturated rings. The van der Waals surface area contributed by atoms with Gasteiger partial charge in [-0.25, -0.2) is 0 Å². The van der Waals surface area contributed by atoms with Gasteiger partial charge in [0.25, 0.3) is 5.91 Å². The summed E-state index contributed by atoms with van der Waals surface area (Å²) in [6.45, 7) is 4.27. The van der Waals surface area contributed by atoms with E-state index in [1.54, 1.807) is 18.2 Å². The van der Waals surface area contributed by atoms with Crippen molar-refractivity contribution in [3.8, 4) is 0 Å². The predicted octanol–water partition coefficient (Wildman–Crippen LogP) is 2.75. The molecule has 0 aliphatic heterocycles. The lowest BCUT2D eigenvalue weighted by atomic mass is 10.1. The second kappa shape index (κ2) is 6.89. The molecule has 1 unspecified atom stereocenters. The number of para-hydroxylation sites is 1. The summed E-state index contributed by atoms with van der Waals surface area (Å²) in [5.41, 5.74) is 12.9. The maximum atomic E-state index is 11.3. The van der Waals surface area contributed by atoms with Gasteiger partial charge in [0, 0.05) is 6.04 Å². The first-order valence-corrected chi connectivity index (χ1v) is 6.51. The normalized spacial score (nSPS) is 12.1. The molecule has 1 amide bonds. The Labute approximate surface area is 109 Å². The first-order chi connectivity index (χ1) is 8.56. The van der Waals surface area contributed by atoms with Crippen LogP contribution in [0, 0.1) is 0 Å². The lowest BCUT2D eigenvalue weighted by molar-refractivity contribution is 0.100. The molecule has 1 rings (SSSR count). The summed E-state index contributed by atoms with van der Waals surface area (Å²) < 4.78 is 0. The molecule has 0 heterocycles. The Kier molecular flexibility index (Phi) is 5.49. The minimum Gasteiger partial charge on any atom is -0.397 e. The summed E-state index contributed by atoms with van der Waals surface area (Å²) in [6, 6.07) is 5.48. The van der Waals surface area contributed by atoms with Crippen LogP contribution in [-0.4, -0.2) is 11.9 Å². The number of anilines is 2. The van der Waals surface area contributed by atoms with E-state index in [1.165, 1.54) is 19.3 Å². The zero-order chi connectivity index (χ0) is 13.5. The van der Waals surface area contributed by atoms with Gasteiger partial charge in [-0.05, 0) is 25.5 Å². The molecule has 0 radical (unpaired) electrons. The van der Waals surface area contributed by atoms with Crippen LogP contribution < -0.4 is 16.8 Å². The van der Waals surface area contributed by atoms with Gasteiger partial charge in [0.05, 0.1) is 16.9 Å². The number of carbonyl (C=O) groups excluding carboxylic acids is 1. The largest absolute Gasteiger partial charge is 0.397 e. The molecule has 0 bridgehead atoms. The number of unbranched alkanes of at least 4 members (excludes halogenated alkanes) is 2. The standard InChI is InChI=1S/C14H23N3O/c1-3-4-5-7-10(2)17-13-11(14(16)18)8-6-9-12(13)15/h6,8-10,17H,3-5,7,15H2,1-2H3,(H2,16,18). The van der Waals surface area contributed by atoms with Crippen LogP contribution in [0.2, 0.25) is 0 Å². The van der Waals surface area contributed by atoms with Crippen molar-refractivity contribution < 1.29 is 4.79 Å². The second-order valence-electron chi connectivity index (χ2n) is 4.68. The minimum atomic E-state index is -0.453. The highest BCUT2D eigenvalue weighted by atomic mass is 16.1. The number of nitrogen functional groups attached to an aromatic ring is 1. The first-order valence-electron chi connectivity index (χ1n) is 6.51. The molecule has 0 saturated carbocycles. The van der Waals surface area contributed by atoms with Crippen LogP contribution in [-0.2, 0) is 0 Å². The van der Waals surface area contributed by atoms with E-state index in [2.05, 4.69) is 19.2 Å². The van der Waals surface area contributed by atoms with Gasteiger partial charge >= 0.3 is 0 Å². The third kappa shape index (κ3) is 3.95. The number of amides is 1. The second-order valence-corrected chi connectivity index (χ2v) is 4.68. The van der Waals surface area contributed by atoms with E-state index in [4.69, 9.17) is 11.5 Å². The van der Waals surface area contributed by atoms with Gasteiger partial charge in [-0.2, -0.15) is 0 Å². The van der Waals surface area contributed by atoms with Crippen molar-refractivity contribution in [2.75, 3.05) is 11.1 Å². The van der Waals surface area contributed by atoms with Crippen LogP contribution in [0.5, 0.6) is 0 Å². The van der Waals surface area contributed by atoms with Crippen LogP contribution in [0.4, 0.5) is 11.4 Å². The molecule has 1 atom stereocenters. The number of rotatable bonds is 7. The van der Waals surface area contributed by atoms with E-state index < -0.39 is 5.91 Å². The van der Waals surface area contributed by atoms with Crippen molar-refractivity contribution in [3.05, 3.63) is 23.8 Å². The van der Waals surface area contributed by atoms with Crippen LogP contribution in [0.15, 0.2) is 18.2 Å². The van der Waals surface area contributed by atoms with E-state index in [9.17, 15) is 4.79 Å². The molecule has 100 valence electrons. The van der Waals surface area contributed by atoms with Crippen LogP contribution in [0.3, 0.4) is 0 Å². The van der Waals surface area contributed by atoms with Gasteiger partial charge in [-0.15, -0.1) is 0 Å². The smallest absolute Gasteiger partial charge is 0.250 e. The highest BCUT2D eigenvalue weighted by molar-refractivity contribution is 6.01. The van der Waals surface area contributed by atoms with E-state index >= 15 is 0 Å². The molecule has 1 aromatic carbocycles. The van der Waals surface area contributed by atoms with Crippen molar-refractivity contribution >= 4 is 17.3 Å². The summed E-state index contributed by atoms with van der Waals surface area (Å²) >= 11 is 0. The van der Waals surface area contributed by atoms with Gasteiger partial charge < -0.3 is 16.8 Å². The van der Waals surface area contributed by atoms with Crippen molar-refractivity contribution in [3.63, 3.8) is 0 Å². The van der Waals surface area contributed by atoms with E-state index in [0.717, 1.165) is 6.42 Å². The highest BCUT2D eigenvalue weighted by Crippen LogP contribution is 2.24. The van der Waals surface area contributed by atoms with Crippen LogP contribution >= 0.6 is 0 Å². The van der Waals surface area contributed by atoms with Gasteiger partial charge in [0.2, 0.25) is 0 Å². The fourth-order valence-electron chi connectivity index (χ4n) is 1.96. The number of primary amides is 1. The van der Waals surface area contributed by atoms with E-state index in [0.29, 0.717) is 16.9 Å². The van der Waals surface area contributed by atoms with Crippen molar-refractivity contribution in [1.82, 2.24) is 0 Å². The molecule has 4 nitrogen and oxygen atoms in total. The lowest BCUT2D eigenvalue weighted by Crippen LogP contribution is -2.21. The average molecular weight is 249 g/mol. The molecule has 0 aliphatic carbocycles. The van der Waals surface area contributed by atoms with Crippen molar-refractivity contribution in [2.24, 2.45) is 5.73 Å². The third-order valence-corrected chi connectivity index (χ3v) is 2.99. The summed E-state index contributed by atoms with van der Waals surface area (Å²) in [5, 5.41) is 3.29.